The van der Waals surface area contributed by atoms with E-state index in [1.165, 1.54) is 42.5 Å². The van der Waals surface area contributed by atoms with Gasteiger partial charge in [-0.25, -0.2) is 9.29 Å². The van der Waals surface area contributed by atoms with Gasteiger partial charge in [-0.3, -0.25) is 24.8 Å². The quantitative estimate of drug-likeness (QED) is 0.548. The van der Waals surface area contributed by atoms with E-state index in [0.717, 1.165) is 10.6 Å². The number of carbonyl (C=O) groups excluding carboxylic acids is 3. The van der Waals surface area contributed by atoms with Crippen LogP contribution < -0.4 is 15.3 Å². The molecule has 0 bridgehead atoms. The molecule has 0 radical (unpaired) electrons. The number of benzene rings is 3. The molecular weight excluding hydrogens is 373 g/mol. The van der Waals surface area contributed by atoms with Gasteiger partial charge in [0.05, 0.1) is 22.5 Å². The zero-order valence-corrected chi connectivity index (χ0v) is 15.4. The fourth-order valence-corrected chi connectivity index (χ4v) is 3.14. The van der Waals surface area contributed by atoms with Crippen LogP contribution in [0.5, 0.6) is 0 Å². The fraction of sp³-hybridized carbons (Fsp3) is 0.0455. The van der Waals surface area contributed by atoms with Gasteiger partial charge in [-0.15, -0.1) is 0 Å². The summed E-state index contributed by atoms with van der Waals surface area (Å²) in [6.45, 7) is 0. The number of nitrogens with one attached hydrogen (secondary N) is 1. The molecule has 3 aromatic rings. The standard InChI is InChI=1S/C22H16FN3O3/c1-25(16-5-3-2-4-6-16)24-20(27)14-7-12-18-19(13-14)22(29)26(21(18)28)17-10-8-15(23)9-11-17/h2-13H,1H3,(H,24,27). The van der Waals surface area contributed by atoms with Gasteiger partial charge in [0.15, 0.2) is 0 Å². The van der Waals surface area contributed by atoms with Crippen LogP contribution in [-0.4, -0.2) is 24.8 Å². The van der Waals surface area contributed by atoms with Crippen LogP contribution in [0.2, 0.25) is 0 Å². The van der Waals surface area contributed by atoms with Crippen LogP contribution in [0.3, 0.4) is 0 Å². The van der Waals surface area contributed by atoms with Crippen molar-refractivity contribution < 1.29 is 18.8 Å². The van der Waals surface area contributed by atoms with Gasteiger partial charge < -0.3 is 0 Å². The van der Waals surface area contributed by atoms with Crippen LogP contribution in [0.4, 0.5) is 15.8 Å². The Bertz CT molecular complexity index is 1110. The number of carbonyl (C=O) groups is 3. The van der Waals surface area contributed by atoms with Gasteiger partial charge >= 0.3 is 0 Å². The number of imide groups is 1. The van der Waals surface area contributed by atoms with E-state index >= 15 is 0 Å². The number of hydrogen-bond donors (Lipinski definition) is 1. The summed E-state index contributed by atoms with van der Waals surface area (Å²) >= 11 is 0. The fourth-order valence-electron chi connectivity index (χ4n) is 3.14. The molecule has 1 heterocycles. The molecule has 6 nitrogen and oxygen atoms in total. The van der Waals surface area contributed by atoms with E-state index in [-0.39, 0.29) is 22.4 Å². The third-order valence-electron chi connectivity index (χ3n) is 4.65. The van der Waals surface area contributed by atoms with Crippen molar-refractivity contribution in [3.8, 4) is 0 Å². The molecule has 3 amide bonds. The molecule has 0 unspecified atom stereocenters. The highest BCUT2D eigenvalue weighted by Crippen LogP contribution is 2.29. The van der Waals surface area contributed by atoms with Crippen LogP contribution in [0.1, 0.15) is 31.1 Å². The Morgan fingerprint density at radius 2 is 1.55 bits per heavy atom. The molecule has 0 saturated heterocycles. The molecule has 7 heteroatoms. The number of nitrogens with zero attached hydrogens (tertiary/aromatic N) is 2. The number of halogens is 1. The monoisotopic (exact) mass is 389 g/mol. The summed E-state index contributed by atoms with van der Waals surface area (Å²) in [5, 5.41) is 1.56. The number of para-hydroxylation sites is 1. The van der Waals surface area contributed by atoms with Crippen molar-refractivity contribution in [2.75, 3.05) is 17.0 Å². The van der Waals surface area contributed by atoms with Gasteiger partial charge in [-0.05, 0) is 54.6 Å². The van der Waals surface area contributed by atoms with Crippen molar-refractivity contribution in [1.29, 1.82) is 0 Å². The van der Waals surface area contributed by atoms with E-state index in [9.17, 15) is 18.8 Å². The maximum Gasteiger partial charge on any atom is 0.269 e. The van der Waals surface area contributed by atoms with Crippen LogP contribution >= 0.6 is 0 Å². The minimum atomic E-state index is -0.553. The lowest BCUT2D eigenvalue weighted by atomic mass is 10.1. The smallest absolute Gasteiger partial charge is 0.269 e. The Kier molecular flexibility index (Phi) is 4.56. The van der Waals surface area contributed by atoms with Crippen LogP contribution in [0.25, 0.3) is 0 Å². The van der Waals surface area contributed by atoms with Crippen molar-refractivity contribution in [3.63, 3.8) is 0 Å². The lowest BCUT2D eigenvalue weighted by molar-refractivity contribution is 0.0923. The first-order valence-corrected chi connectivity index (χ1v) is 8.84. The second-order valence-electron chi connectivity index (χ2n) is 6.52. The first-order valence-electron chi connectivity index (χ1n) is 8.84. The van der Waals surface area contributed by atoms with Crippen molar-refractivity contribution in [2.45, 2.75) is 0 Å². The van der Waals surface area contributed by atoms with Crippen molar-refractivity contribution in [1.82, 2.24) is 5.43 Å². The molecule has 4 rings (SSSR count). The molecule has 144 valence electrons. The lowest BCUT2D eigenvalue weighted by Gasteiger charge is -2.20. The molecule has 0 spiro atoms. The molecule has 0 saturated carbocycles. The molecule has 0 aromatic heterocycles. The first kappa shape index (κ1) is 18.4. The topological polar surface area (TPSA) is 69.7 Å². The Morgan fingerprint density at radius 1 is 0.897 bits per heavy atom. The van der Waals surface area contributed by atoms with Crippen molar-refractivity contribution >= 4 is 29.1 Å². The number of amides is 3. The van der Waals surface area contributed by atoms with Crippen molar-refractivity contribution in [3.05, 3.63) is 95.3 Å². The van der Waals surface area contributed by atoms with E-state index in [1.807, 2.05) is 30.3 Å². The summed E-state index contributed by atoms with van der Waals surface area (Å²) in [4.78, 5) is 39.0. The molecule has 1 N–H and O–H groups in total. The molecule has 1 aliphatic heterocycles. The van der Waals surface area contributed by atoms with Gasteiger partial charge in [-0.1, -0.05) is 18.2 Å². The summed E-state index contributed by atoms with van der Waals surface area (Å²) in [5.74, 6) is -1.95. The summed E-state index contributed by atoms with van der Waals surface area (Å²) in [6.07, 6.45) is 0. The van der Waals surface area contributed by atoms with E-state index in [0.29, 0.717) is 0 Å². The predicted octanol–water partition coefficient (Wildman–Crippen LogP) is 3.41. The summed E-state index contributed by atoms with van der Waals surface area (Å²) < 4.78 is 13.2. The highest BCUT2D eigenvalue weighted by atomic mass is 19.1. The highest BCUT2D eigenvalue weighted by molar-refractivity contribution is 6.34. The van der Waals surface area contributed by atoms with Gasteiger partial charge in [0.1, 0.15) is 5.82 Å². The number of fused-ring (bicyclic) bond motifs is 1. The maximum atomic E-state index is 13.2. The average Bonchev–Trinajstić information content (AvgIpc) is 2.99. The molecule has 3 aromatic carbocycles. The van der Waals surface area contributed by atoms with Gasteiger partial charge in [0.2, 0.25) is 0 Å². The number of anilines is 2. The lowest BCUT2D eigenvalue weighted by Crippen LogP contribution is -2.39. The Hall–Kier alpha value is -4.00. The molecule has 1 aliphatic rings. The van der Waals surface area contributed by atoms with E-state index in [1.54, 1.807) is 12.1 Å². The highest BCUT2D eigenvalue weighted by Gasteiger charge is 2.37. The van der Waals surface area contributed by atoms with E-state index in [4.69, 9.17) is 0 Å². The van der Waals surface area contributed by atoms with Crippen LogP contribution in [-0.2, 0) is 0 Å². The minimum absolute atomic E-state index is 0.134. The third-order valence-corrected chi connectivity index (χ3v) is 4.65. The Morgan fingerprint density at radius 3 is 2.24 bits per heavy atom. The average molecular weight is 389 g/mol. The number of hydrogen-bond acceptors (Lipinski definition) is 4. The molecule has 29 heavy (non-hydrogen) atoms. The zero-order chi connectivity index (χ0) is 20.5. The van der Waals surface area contributed by atoms with Crippen LogP contribution in [0, 0.1) is 5.82 Å². The summed E-state index contributed by atoms with van der Waals surface area (Å²) in [7, 11) is 1.70. The largest absolute Gasteiger partial charge is 0.288 e. The third kappa shape index (κ3) is 3.34. The Labute approximate surface area is 166 Å². The molecule has 0 atom stereocenters. The summed E-state index contributed by atoms with van der Waals surface area (Å²) in [6, 6.07) is 18.7. The van der Waals surface area contributed by atoms with Crippen LogP contribution in [0.15, 0.2) is 72.8 Å². The second-order valence-corrected chi connectivity index (χ2v) is 6.52. The molecular formula is C22H16FN3O3. The SMILES string of the molecule is CN(NC(=O)c1ccc2c(c1)C(=O)N(c1ccc(F)cc1)C2=O)c1ccccc1. The maximum absolute atomic E-state index is 13.2. The second kappa shape index (κ2) is 7.20. The van der Waals surface area contributed by atoms with Gasteiger partial charge in [0, 0.05) is 12.6 Å². The minimum Gasteiger partial charge on any atom is -0.288 e. The number of rotatable bonds is 4. The Balaban J connectivity index is 1.58. The zero-order valence-electron chi connectivity index (χ0n) is 15.4. The van der Waals surface area contributed by atoms with Gasteiger partial charge in [0.25, 0.3) is 17.7 Å². The van der Waals surface area contributed by atoms with E-state index < -0.39 is 23.5 Å². The normalized spacial score (nSPS) is 12.7. The number of hydrazine groups is 1. The van der Waals surface area contributed by atoms with E-state index in [2.05, 4.69) is 5.43 Å². The predicted molar refractivity (Wildman–Crippen MR) is 106 cm³/mol. The van der Waals surface area contributed by atoms with Gasteiger partial charge in [-0.2, -0.15) is 0 Å². The molecule has 0 aliphatic carbocycles. The van der Waals surface area contributed by atoms with Crippen molar-refractivity contribution in [2.24, 2.45) is 0 Å². The summed E-state index contributed by atoms with van der Waals surface area (Å²) in [5.41, 5.74) is 4.36. The molecule has 0 fully saturated rings. The first-order chi connectivity index (χ1) is 14.0.